The third kappa shape index (κ3) is 3.40. The second-order valence-electron chi connectivity index (χ2n) is 8.44. The van der Waals surface area contributed by atoms with Crippen LogP contribution in [0.5, 0.6) is 0 Å². The van der Waals surface area contributed by atoms with Crippen LogP contribution in [0.4, 0.5) is 0 Å². The Balaban J connectivity index is 1.49. The lowest BCUT2D eigenvalue weighted by Crippen LogP contribution is -2.45. The highest BCUT2D eigenvalue weighted by Gasteiger charge is 2.33. The maximum Gasteiger partial charge on any atom is 0.256 e. The van der Waals surface area contributed by atoms with Crippen LogP contribution in [0.1, 0.15) is 47.4 Å². The smallest absolute Gasteiger partial charge is 0.256 e. The number of carbonyl (C=O) groups is 1. The molecule has 3 heterocycles. The van der Waals surface area contributed by atoms with Gasteiger partial charge in [-0.25, -0.2) is 4.98 Å². The molecular weight excluding hydrogens is 388 g/mol. The number of aryl methyl sites for hydroxylation is 2. The van der Waals surface area contributed by atoms with Gasteiger partial charge in [0.2, 0.25) is 0 Å². The second-order valence-corrected chi connectivity index (χ2v) is 8.44. The molecule has 0 spiro atoms. The van der Waals surface area contributed by atoms with E-state index in [1.807, 2.05) is 48.2 Å². The molecule has 31 heavy (non-hydrogen) atoms. The molecule has 0 unspecified atom stereocenters. The summed E-state index contributed by atoms with van der Waals surface area (Å²) in [6.07, 6.45) is 5.21. The van der Waals surface area contributed by atoms with E-state index in [1.54, 1.807) is 12.4 Å². The Morgan fingerprint density at radius 3 is 2.61 bits per heavy atom. The molecule has 1 aliphatic rings. The Kier molecular flexibility index (Phi) is 4.81. The number of aromatic nitrogens is 5. The first kappa shape index (κ1) is 19.5. The second kappa shape index (κ2) is 7.65. The number of benzene rings is 2. The van der Waals surface area contributed by atoms with E-state index in [2.05, 4.69) is 34.8 Å². The van der Waals surface area contributed by atoms with Crippen LogP contribution in [0.3, 0.4) is 0 Å². The van der Waals surface area contributed by atoms with E-state index in [0.717, 1.165) is 35.3 Å². The van der Waals surface area contributed by atoms with Crippen LogP contribution < -0.4 is 0 Å². The molecule has 1 saturated heterocycles. The molecule has 1 amide bonds. The van der Waals surface area contributed by atoms with Crippen LogP contribution in [-0.4, -0.2) is 47.9 Å². The first-order valence-electron chi connectivity index (χ1n) is 10.7. The normalized spacial score (nSPS) is 19.1. The van der Waals surface area contributed by atoms with Crippen LogP contribution in [-0.2, 0) is 7.05 Å². The van der Waals surface area contributed by atoms with Crippen molar-refractivity contribution in [2.24, 2.45) is 7.05 Å². The van der Waals surface area contributed by atoms with Crippen molar-refractivity contribution in [3.8, 4) is 5.69 Å². The number of hydrogen-bond acceptors (Lipinski definition) is 4. The molecule has 4 aromatic rings. The molecule has 1 aliphatic heterocycles. The fourth-order valence-corrected chi connectivity index (χ4v) is 4.62. The van der Waals surface area contributed by atoms with Gasteiger partial charge in [0.1, 0.15) is 5.82 Å². The lowest BCUT2D eigenvalue weighted by atomic mass is 9.91. The van der Waals surface area contributed by atoms with E-state index in [1.165, 1.54) is 4.80 Å². The lowest BCUT2D eigenvalue weighted by molar-refractivity contribution is 0.0604. The maximum absolute atomic E-state index is 13.7. The average Bonchev–Trinajstić information content (AvgIpc) is 3.42. The van der Waals surface area contributed by atoms with Gasteiger partial charge in [0.25, 0.3) is 5.91 Å². The summed E-state index contributed by atoms with van der Waals surface area (Å²) in [5.41, 5.74) is 4.50. The average molecular weight is 415 g/mol. The van der Waals surface area contributed by atoms with E-state index in [9.17, 15) is 4.79 Å². The van der Waals surface area contributed by atoms with Gasteiger partial charge in [-0.1, -0.05) is 23.8 Å². The Morgan fingerprint density at radius 2 is 1.84 bits per heavy atom. The highest BCUT2D eigenvalue weighted by atomic mass is 16.2. The van der Waals surface area contributed by atoms with Gasteiger partial charge < -0.3 is 9.47 Å². The van der Waals surface area contributed by atoms with Crippen LogP contribution in [0, 0.1) is 6.92 Å². The van der Waals surface area contributed by atoms with E-state index < -0.39 is 0 Å². The van der Waals surface area contributed by atoms with E-state index in [-0.39, 0.29) is 17.9 Å². The predicted octanol–water partition coefficient (Wildman–Crippen LogP) is 3.87. The maximum atomic E-state index is 13.7. The minimum absolute atomic E-state index is 0.0203. The largest absolute Gasteiger partial charge is 0.335 e. The molecular formula is C24H26N6O. The number of para-hydroxylation sites is 2. The Labute approximate surface area is 181 Å². The summed E-state index contributed by atoms with van der Waals surface area (Å²) in [6, 6.07) is 14.2. The van der Waals surface area contributed by atoms with Gasteiger partial charge in [-0.2, -0.15) is 15.0 Å². The van der Waals surface area contributed by atoms with E-state index >= 15 is 0 Å². The molecule has 0 saturated carbocycles. The molecule has 7 nitrogen and oxygen atoms in total. The van der Waals surface area contributed by atoms with Crippen molar-refractivity contribution >= 4 is 16.9 Å². The number of rotatable bonds is 3. The van der Waals surface area contributed by atoms with Crippen molar-refractivity contribution in [3.05, 3.63) is 71.8 Å². The zero-order valence-electron chi connectivity index (χ0n) is 18.1. The summed E-state index contributed by atoms with van der Waals surface area (Å²) < 4.78 is 2.17. The van der Waals surface area contributed by atoms with Crippen LogP contribution in [0.25, 0.3) is 16.7 Å². The van der Waals surface area contributed by atoms with Crippen molar-refractivity contribution < 1.29 is 4.79 Å². The number of nitrogens with zero attached hydrogens (tertiary/aromatic N) is 6. The Bertz CT molecular complexity index is 1240. The van der Waals surface area contributed by atoms with Gasteiger partial charge in [-0.15, -0.1) is 0 Å². The Morgan fingerprint density at radius 1 is 1.06 bits per heavy atom. The quantitative estimate of drug-likeness (QED) is 0.510. The van der Waals surface area contributed by atoms with Crippen LogP contribution >= 0.6 is 0 Å². The summed E-state index contributed by atoms with van der Waals surface area (Å²) in [7, 11) is 2.07. The third-order valence-corrected chi connectivity index (χ3v) is 6.35. The highest BCUT2D eigenvalue weighted by molar-refractivity contribution is 5.98. The summed E-state index contributed by atoms with van der Waals surface area (Å²) in [5, 5.41) is 8.49. The van der Waals surface area contributed by atoms with Crippen molar-refractivity contribution in [1.29, 1.82) is 0 Å². The molecule has 0 bridgehead atoms. The van der Waals surface area contributed by atoms with Crippen molar-refractivity contribution in [1.82, 2.24) is 29.4 Å². The van der Waals surface area contributed by atoms with Gasteiger partial charge in [0, 0.05) is 25.6 Å². The molecule has 0 N–H and O–H groups in total. The molecule has 0 aliphatic carbocycles. The Hall–Kier alpha value is -3.48. The van der Waals surface area contributed by atoms with Gasteiger partial charge in [-0.3, -0.25) is 4.79 Å². The van der Waals surface area contributed by atoms with Crippen molar-refractivity contribution in [3.63, 3.8) is 0 Å². The molecule has 0 radical (unpaired) electrons. The molecule has 2 aromatic carbocycles. The number of likely N-dealkylation sites (tertiary alicyclic amines) is 1. The molecule has 1 fully saturated rings. The summed E-state index contributed by atoms with van der Waals surface area (Å²) in [4.78, 5) is 22.2. The minimum atomic E-state index is 0.0203. The molecule has 2 aromatic heterocycles. The molecule has 158 valence electrons. The first-order valence-corrected chi connectivity index (χ1v) is 10.7. The van der Waals surface area contributed by atoms with Crippen molar-refractivity contribution in [2.45, 2.75) is 38.6 Å². The molecule has 5 rings (SSSR count). The lowest BCUT2D eigenvalue weighted by Gasteiger charge is -2.38. The van der Waals surface area contributed by atoms with E-state index in [4.69, 9.17) is 4.98 Å². The number of carbonyl (C=O) groups excluding carboxylic acids is 1. The SMILES string of the molecule is Cc1ccc(-n2nccn2)c(C(=O)N2C[C@H](c3nc4ccccc4n3C)CC[C@H]2C)c1. The summed E-state index contributed by atoms with van der Waals surface area (Å²) in [6.45, 7) is 4.78. The van der Waals surface area contributed by atoms with Gasteiger partial charge >= 0.3 is 0 Å². The van der Waals surface area contributed by atoms with Gasteiger partial charge in [0.05, 0.1) is 34.7 Å². The predicted molar refractivity (Wildman–Crippen MR) is 119 cm³/mol. The standard InChI is InChI=1S/C24H26N6O/c1-16-8-11-21(30-25-12-13-26-30)19(14-16)24(31)29-15-18(10-9-17(29)2)23-27-20-6-4-5-7-22(20)28(23)3/h4-8,11-14,17-18H,9-10,15H2,1-3H3/t17-,18-/m1/s1. The molecule has 7 heteroatoms. The number of amides is 1. The minimum Gasteiger partial charge on any atom is -0.335 e. The van der Waals surface area contributed by atoms with Gasteiger partial charge in [-0.05, 0) is 51.0 Å². The zero-order valence-corrected chi connectivity index (χ0v) is 18.1. The van der Waals surface area contributed by atoms with Crippen LogP contribution in [0.15, 0.2) is 54.9 Å². The number of fused-ring (bicyclic) bond motifs is 1. The number of piperidine rings is 1. The zero-order chi connectivity index (χ0) is 21.5. The fourth-order valence-electron chi connectivity index (χ4n) is 4.62. The summed E-state index contributed by atoms with van der Waals surface area (Å²) >= 11 is 0. The monoisotopic (exact) mass is 414 g/mol. The number of hydrogen-bond donors (Lipinski definition) is 0. The van der Waals surface area contributed by atoms with Crippen LogP contribution in [0.2, 0.25) is 0 Å². The third-order valence-electron chi connectivity index (χ3n) is 6.35. The van der Waals surface area contributed by atoms with Crippen molar-refractivity contribution in [2.75, 3.05) is 6.54 Å². The first-order chi connectivity index (χ1) is 15.0. The van der Waals surface area contributed by atoms with E-state index in [0.29, 0.717) is 17.8 Å². The van der Waals surface area contributed by atoms with Gasteiger partial charge in [0.15, 0.2) is 0 Å². The fraction of sp³-hybridized carbons (Fsp3) is 0.333. The summed E-state index contributed by atoms with van der Waals surface area (Å²) in [5.74, 6) is 1.27. The topological polar surface area (TPSA) is 68.8 Å². The highest BCUT2D eigenvalue weighted by Crippen LogP contribution is 2.32. The molecule has 2 atom stereocenters. The number of imidazole rings is 1.